The summed E-state index contributed by atoms with van der Waals surface area (Å²) in [5.41, 5.74) is -2.78. The average Bonchev–Trinajstić information content (AvgIpc) is 2.29. The summed E-state index contributed by atoms with van der Waals surface area (Å²) in [5.74, 6) is -0.837. The number of ether oxygens (including phenoxy) is 1. The fourth-order valence-electron chi connectivity index (χ4n) is 1.40. The van der Waals surface area contributed by atoms with Crippen molar-refractivity contribution < 1.29 is 31.5 Å². The Bertz CT molecular complexity index is 504. The first kappa shape index (κ1) is 16.8. The summed E-state index contributed by atoms with van der Waals surface area (Å²) in [5, 5.41) is 0. The molecule has 1 rings (SSSR count). The summed E-state index contributed by atoms with van der Waals surface area (Å²) in [6.45, 7) is 1.54. The molecule has 1 heterocycles. The maximum Gasteiger partial charge on any atom is 0.434 e. The third kappa shape index (κ3) is 4.12. The second-order valence-corrected chi connectivity index (χ2v) is 4.44. The second kappa shape index (κ2) is 6.47. The number of hydrogen-bond acceptors (Lipinski definition) is 3. The van der Waals surface area contributed by atoms with Gasteiger partial charge in [-0.25, -0.2) is 13.8 Å². The van der Waals surface area contributed by atoms with Crippen LogP contribution in [-0.4, -0.2) is 17.6 Å². The number of halogens is 6. The standard InChI is InChI=1S/C11H9BrF5NO2/c1-2-20-7(19)4-5-3-6(10(13)14)8(12)9(18-5)11(15,16)17/h3,10H,2,4H2,1H3. The minimum Gasteiger partial charge on any atom is -0.466 e. The Morgan fingerprint density at radius 3 is 2.50 bits per heavy atom. The van der Waals surface area contributed by atoms with Gasteiger partial charge in [0.15, 0.2) is 5.69 Å². The molecule has 0 amide bonds. The SMILES string of the molecule is CCOC(=O)Cc1cc(C(F)F)c(Br)c(C(F)(F)F)n1. The molecule has 0 N–H and O–H groups in total. The van der Waals surface area contributed by atoms with E-state index in [1.54, 1.807) is 0 Å². The molecule has 0 aliphatic rings. The summed E-state index contributed by atoms with van der Waals surface area (Å²) in [7, 11) is 0. The molecule has 112 valence electrons. The van der Waals surface area contributed by atoms with Crippen molar-refractivity contribution >= 4 is 21.9 Å². The first-order chi connectivity index (χ1) is 9.16. The van der Waals surface area contributed by atoms with Crippen molar-refractivity contribution in [3.8, 4) is 0 Å². The summed E-state index contributed by atoms with van der Waals surface area (Å²) < 4.78 is 67.3. The molecule has 0 radical (unpaired) electrons. The van der Waals surface area contributed by atoms with E-state index in [4.69, 9.17) is 0 Å². The summed E-state index contributed by atoms with van der Waals surface area (Å²) in [6, 6.07) is 0.751. The zero-order valence-corrected chi connectivity index (χ0v) is 11.7. The van der Waals surface area contributed by atoms with Gasteiger partial charge in [0.25, 0.3) is 6.43 Å². The van der Waals surface area contributed by atoms with Crippen LogP contribution in [0.2, 0.25) is 0 Å². The monoisotopic (exact) mass is 361 g/mol. The van der Waals surface area contributed by atoms with Gasteiger partial charge in [-0.3, -0.25) is 4.79 Å². The number of aromatic nitrogens is 1. The molecule has 1 aromatic rings. The second-order valence-electron chi connectivity index (χ2n) is 3.65. The lowest BCUT2D eigenvalue weighted by Crippen LogP contribution is -2.15. The van der Waals surface area contributed by atoms with E-state index in [1.165, 1.54) is 6.92 Å². The first-order valence-electron chi connectivity index (χ1n) is 5.37. The van der Waals surface area contributed by atoms with E-state index < -0.39 is 46.4 Å². The van der Waals surface area contributed by atoms with Crippen LogP contribution in [0.1, 0.15) is 30.3 Å². The van der Waals surface area contributed by atoms with Gasteiger partial charge in [0.1, 0.15) is 0 Å². The van der Waals surface area contributed by atoms with Gasteiger partial charge in [-0.05, 0) is 28.9 Å². The van der Waals surface area contributed by atoms with Crippen LogP contribution in [0.15, 0.2) is 10.5 Å². The van der Waals surface area contributed by atoms with Crippen molar-refractivity contribution in [3.05, 3.63) is 27.5 Å². The molecule has 0 aliphatic carbocycles. The van der Waals surface area contributed by atoms with E-state index in [1.807, 2.05) is 0 Å². The molecule has 0 atom stereocenters. The highest BCUT2D eigenvalue weighted by Gasteiger charge is 2.37. The van der Waals surface area contributed by atoms with Gasteiger partial charge in [-0.15, -0.1) is 0 Å². The zero-order valence-electron chi connectivity index (χ0n) is 10.1. The van der Waals surface area contributed by atoms with Gasteiger partial charge in [0, 0.05) is 5.56 Å². The minimum absolute atomic E-state index is 0.0309. The number of carbonyl (C=O) groups is 1. The molecule has 0 aromatic carbocycles. The summed E-state index contributed by atoms with van der Waals surface area (Å²) in [6.07, 6.45) is -8.65. The molecule has 0 unspecified atom stereocenters. The molecule has 0 spiro atoms. The molecule has 0 fully saturated rings. The molecule has 20 heavy (non-hydrogen) atoms. The van der Waals surface area contributed by atoms with Crippen molar-refractivity contribution in [1.29, 1.82) is 0 Å². The number of alkyl halides is 5. The Morgan fingerprint density at radius 2 is 2.05 bits per heavy atom. The third-order valence-electron chi connectivity index (χ3n) is 2.17. The largest absolute Gasteiger partial charge is 0.466 e. The number of pyridine rings is 1. The molecule has 0 bridgehead atoms. The molecule has 0 saturated carbocycles. The highest BCUT2D eigenvalue weighted by atomic mass is 79.9. The van der Waals surface area contributed by atoms with Gasteiger partial charge < -0.3 is 4.74 Å². The van der Waals surface area contributed by atoms with Crippen LogP contribution in [-0.2, 0) is 22.1 Å². The van der Waals surface area contributed by atoms with E-state index in [2.05, 4.69) is 25.7 Å². The lowest BCUT2D eigenvalue weighted by atomic mass is 10.1. The summed E-state index contributed by atoms with van der Waals surface area (Å²) in [4.78, 5) is 14.4. The molecule has 0 aliphatic heterocycles. The van der Waals surface area contributed by atoms with E-state index in [0.717, 1.165) is 6.07 Å². The van der Waals surface area contributed by atoms with Gasteiger partial charge in [-0.2, -0.15) is 13.2 Å². The van der Waals surface area contributed by atoms with E-state index in [0.29, 0.717) is 0 Å². The number of rotatable bonds is 4. The lowest BCUT2D eigenvalue weighted by molar-refractivity contribution is -0.144. The van der Waals surface area contributed by atoms with Gasteiger partial charge in [-0.1, -0.05) is 0 Å². The Labute approximate surface area is 119 Å². The van der Waals surface area contributed by atoms with Crippen molar-refractivity contribution in [2.75, 3.05) is 6.61 Å². The first-order valence-corrected chi connectivity index (χ1v) is 6.16. The van der Waals surface area contributed by atoms with Crippen LogP contribution < -0.4 is 0 Å². The van der Waals surface area contributed by atoms with E-state index in [9.17, 15) is 26.7 Å². The van der Waals surface area contributed by atoms with Crippen LogP contribution >= 0.6 is 15.9 Å². The van der Waals surface area contributed by atoms with Crippen molar-refractivity contribution in [3.63, 3.8) is 0 Å². The maximum atomic E-state index is 12.7. The smallest absolute Gasteiger partial charge is 0.434 e. The van der Waals surface area contributed by atoms with Gasteiger partial charge in [0.05, 0.1) is 23.2 Å². The van der Waals surface area contributed by atoms with Crippen LogP contribution in [0.3, 0.4) is 0 Å². The molecular formula is C11H9BrF5NO2. The van der Waals surface area contributed by atoms with Crippen molar-refractivity contribution in [1.82, 2.24) is 4.98 Å². The fraction of sp³-hybridized carbons (Fsp3) is 0.455. The number of esters is 1. The Kier molecular flexibility index (Phi) is 5.43. The molecule has 0 saturated heterocycles. The van der Waals surface area contributed by atoms with Crippen LogP contribution in [0.4, 0.5) is 22.0 Å². The average molecular weight is 362 g/mol. The highest BCUT2D eigenvalue weighted by Crippen LogP contribution is 2.38. The highest BCUT2D eigenvalue weighted by molar-refractivity contribution is 9.10. The van der Waals surface area contributed by atoms with Crippen molar-refractivity contribution in [2.24, 2.45) is 0 Å². The Morgan fingerprint density at radius 1 is 1.45 bits per heavy atom. The van der Waals surface area contributed by atoms with Crippen LogP contribution in [0.25, 0.3) is 0 Å². The maximum absolute atomic E-state index is 12.7. The third-order valence-corrected chi connectivity index (χ3v) is 3.01. The Hall–Kier alpha value is -1.25. The number of nitrogens with zero attached hydrogens (tertiary/aromatic N) is 1. The van der Waals surface area contributed by atoms with Gasteiger partial charge in [0.2, 0.25) is 0 Å². The lowest BCUT2D eigenvalue weighted by Gasteiger charge is -2.13. The number of hydrogen-bond donors (Lipinski definition) is 0. The molecule has 1 aromatic heterocycles. The Balaban J connectivity index is 3.26. The molecule has 3 nitrogen and oxygen atoms in total. The predicted molar refractivity (Wildman–Crippen MR) is 62.2 cm³/mol. The van der Waals surface area contributed by atoms with E-state index in [-0.39, 0.29) is 6.61 Å². The van der Waals surface area contributed by atoms with E-state index >= 15 is 0 Å². The molecular weight excluding hydrogens is 353 g/mol. The minimum atomic E-state index is -4.91. The topological polar surface area (TPSA) is 39.2 Å². The van der Waals surface area contributed by atoms with Crippen LogP contribution in [0.5, 0.6) is 0 Å². The number of carbonyl (C=O) groups excluding carboxylic acids is 1. The predicted octanol–water partition coefficient (Wildman–Crippen LogP) is 3.91. The quantitative estimate of drug-likeness (QED) is 0.602. The fourth-order valence-corrected chi connectivity index (χ4v) is 2.00. The van der Waals surface area contributed by atoms with Gasteiger partial charge >= 0.3 is 12.1 Å². The zero-order chi connectivity index (χ0) is 15.5. The van der Waals surface area contributed by atoms with Crippen molar-refractivity contribution in [2.45, 2.75) is 25.9 Å². The summed E-state index contributed by atoms with van der Waals surface area (Å²) >= 11 is 2.47. The molecule has 9 heteroatoms. The van der Waals surface area contributed by atoms with Crippen LogP contribution in [0, 0.1) is 0 Å². The normalized spacial score (nSPS) is 11.8.